The van der Waals surface area contributed by atoms with Gasteiger partial charge in [0.25, 0.3) is 0 Å². The van der Waals surface area contributed by atoms with Gasteiger partial charge in [0.2, 0.25) is 15.9 Å². The van der Waals surface area contributed by atoms with Crippen LogP contribution in [0.1, 0.15) is 70.5 Å². The van der Waals surface area contributed by atoms with Crippen molar-refractivity contribution < 1.29 is 18.3 Å². The van der Waals surface area contributed by atoms with E-state index in [-0.39, 0.29) is 5.91 Å². The van der Waals surface area contributed by atoms with Crippen LogP contribution in [-0.2, 0) is 14.8 Å². The summed E-state index contributed by atoms with van der Waals surface area (Å²) in [6.45, 7) is 5.63. The number of carbonyl (C=O) groups excluding carboxylic acids is 1. The molecule has 154 valence electrons. The number of benzene rings is 1. The van der Waals surface area contributed by atoms with Gasteiger partial charge in [0.15, 0.2) is 0 Å². The second kappa shape index (κ2) is 12.0. The molecule has 0 radical (unpaired) electrons. The van der Waals surface area contributed by atoms with Crippen LogP contribution in [0.15, 0.2) is 24.3 Å². The zero-order chi connectivity index (χ0) is 20.3. The number of unbranched alkanes of at least 4 members (excludes halogenated alkanes) is 4. The van der Waals surface area contributed by atoms with Crippen LogP contribution in [0, 0.1) is 0 Å². The normalized spacial score (nSPS) is 12.6. The van der Waals surface area contributed by atoms with Gasteiger partial charge in [-0.15, -0.1) is 0 Å². The predicted octanol–water partition coefficient (Wildman–Crippen LogP) is 3.69. The van der Waals surface area contributed by atoms with E-state index in [1.165, 1.54) is 19.3 Å². The predicted molar refractivity (Wildman–Crippen MR) is 110 cm³/mol. The summed E-state index contributed by atoms with van der Waals surface area (Å²) in [5, 5.41) is 10.3. The Bertz CT molecular complexity index is 659. The highest BCUT2D eigenvalue weighted by Crippen LogP contribution is 2.21. The molecule has 0 saturated carbocycles. The van der Waals surface area contributed by atoms with Gasteiger partial charge in [-0.1, -0.05) is 44.7 Å². The van der Waals surface area contributed by atoms with Crippen LogP contribution < -0.4 is 4.72 Å². The summed E-state index contributed by atoms with van der Waals surface area (Å²) in [4.78, 5) is 14.2. The number of nitrogens with zero attached hydrogens (tertiary/aromatic N) is 1. The zero-order valence-corrected chi connectivity index (χ0v) is 17.6. The van der Waals surface area contributed by atoms with Crippen LogP contribution in [0.25, 0.3) is 0 Å². The summed E-state index contributed by atoms with van der Waals surface area (Å²) in [6.07, 6.45) is 6.83. The maximum Gasteiger partial charge on any atom is 0.229 e. The highest BCUT2D eigenvalue weighted by atomic mass is 32.2. The van der Waals surface area contributed by atoms with E-state index in [9.17, 15) is 18.3 Å². The maximum absolute atomic E-state index is 12.4. The maximum atomic E-state index is 12.4. The highest BCUT2D eigenvalue weighted by molar-refractivity contribution is 7.92. The molecule has 7 heteroatoms. The minimum Gasteiger partial charge on any atom is -0.388 e. The molecule has 6 nitrogen and oxygen atoms in total. The second-order valence-corrected chi connectivity index (χ2v) is 8.69. The van der Waals surface area contributed by atoms with Crippen molar-refractivity contribution in [1.29, 1.82) is 0 Å². The molecule has 1 aromatic carbocycles. The molecule has 0 heterocycles. The van der Waals surface area contributed by atoms with Gasteiger partial charge >= 0.3 is 0 Å². The van der Waals surface area contributed by atoms with Crippen molar-refractivity contribution in [2.24, 2.45) is 0 Å². The Morgan fingerprint density at radius 1 is 1.11 bits per heavy atom. The van der Waals surface area contributed by atoms with E-state index in [1.54, 1.807) is 24.3 Å². The van der Waals surface area contributed by atoms with Crippen molar-refractivity contribution in [1.82, 2.24) is 4.90 Å². The number of aliphatic hydroxyl groups is 1. The van der Waals surface area contributed by atoms with Gasteiger partial charge in [-0.2, -0.15) is 0 Å². The summed E-state index contributed by atoms with van der Waals surface area (Å²) in [5.41, 5.74) is 1.12. The molecule has 0 aliphatic rings. The van der Waals surface area contributed by atoms with Crippen molar-refractivity contribution in [3.05, 3.63) is 29.8 Å². The van der Waals surface area contributed by atoms with Crippen molar-refractivity contribution in [2.75, 3.05) is 24.1 Å². The summed E-state index contributed by atoms with van der Waals surface area (Å²) in [6, 6.07) is 6.56. The Hall–Kier alpha value is -1.60. The molecule has 0 aromatic heterocycles. The number of hydrogen-bond donors (Lipinski definition) is 2. The summed E-state index contributed by atoms with van der Waals surface area (Å²) in [7, 11) is -3.32. The van der Waals surface area contributed by atoms with Gasteiger partial charge in [0.1, 0.15) is 0 Å². The smallest absolute Gasteiger partial charge is 0.229 e. The molecule has 1 amide bonds. The Morgan fingerprint density at radius 2 is 1.74 bits per heavy atom. The number of carbonyl (C=O) groups is 1. The minimum atomic E-state index is -3.32. The van der Waals surface area contributed by atoms with Crippen LogP contribution in [0.5, 0.6) is 0 Å². The molecule has 0 aliphatic heterocycles. The van der Waals surface area contributed by atoms with E-state index in [0.717, 1.165) is 25.6 Å². The SMILES string of the molecule is CCCCCCCN(CC)C(=O)CC[C@@H](O)c1ccc(NS(C)(=O)=O)cc1. The third-order valence-corrected chi connectivity index (χ3v) is 5.10. The van der Waals surface area contributed by atoms with Gasteiger partial charge < -0.3 is 10.0 Å². The van der Waals surface area contributed by atoms with Gasteiger partial charge in [-0.25, -0.2) is 8.42 Å². The number of amides is 1. The lowest BCUT2D eigenvalue weighted by Gasteiger charge is -2.21. The van der Waals surface area contributed by atoms with Gasteiger partial charge in [-0.05, 0) is 37.5 Å². The van der Waals surface area contributed by atoms with Crippen molar-refractivity contribution in [3.63, 3.8) is 0 Å². The Morgan fingerprint density at radius 3 is 2.30 bits per heavy atom. The monoisotopic (exact) mass is 398 g/mol. The molecule has 0 unspecified atom stereocenters. The molecule has 0 spiro atoms. The van der Waals surface area contributed by atoms with Crippen LogP contribution in [0.2, 0.25) is 0 Å². The topological polar surface area (TPSA) is 86.7 Å². The quantitative estimate of drug-likeness (QED) is 0.496. The highest BCUT2D eigenvalue weighted by Gasteiger charge is 2.15. The number of aliphatic hydroxyl groups excluding tert-OH is 1. The third-order valence-electron chi connectivity index (χ3n) is 4.50. The van der Waals surface area contributed by atoms with Crippen molar-refractivity contribution >= 4 is 21.6 Å². The molecule has 0 aliphatic carbocycles. The van der Waals surface area contributed by atoms with Crippen LogP contribution >= 0.6 is 0 Å². The molecule has 1 aromatic rings. The van der Waals surface area contributed by atoms with E-state index in [4.69, 9.17) is 0 Å². The Kier molecular flexibility index (Phi) is 10.4. The molecule has 0 saturated heterocycles. The third kappa shape index (κ3) is 9.77. The van der Waals surface area contributed by atoms with E-state index < -0.39 is 16.1 Å². The Balaban J connectivity index is 2.44. The second-order valence-electron chi connectivity index (χ2n) is 6.94. The first-order valence-corrected chi connectivity index (χ1v) is 11.7. The molecular formula is C20H34N2O4S. The summed E-state index contributed by atoms with van der Waals surface area (Å²) >= 11 is 0. The zero-order valence-electron chi connectivity index (χ0n) is 16.8. The lowest BCUT2D eigenvalue weighted by molar-refractivity contribution is -0.131. The molecule has 2 N–H and O–H groups in total. The van der Waals surface area contributed by atoms with Crippen LogP contribution in [0.3, 0.4) is 0 Å². The number of rotatable bonds is 13. The van der Waals surface area contributed by atoms with E-state index in [2.05, 4.69) is 11.6 Å². The average Bonchev–Trinajstić information content (AvgIpc) is 2.61. The van der Waals surface area contributed by atoms with Gasteiger partial charge in [0.05, 0.1) is 12.4 Å². The fourth-order valence-corrected chi connectivity index (χ4v) is 3.50. The molecule has 27 heavy (non-hydrogen) atoms. The lowest BCUT2D eigenvalue weighted by atomic mass is 10.0. The number of anilines is 1. The van der Waals surface area contributed by atoms with Crippen molar-refractivity contribution in [3.8, 4) is 0 Å². The molecular weight excluding hydrogens is 364 g/mol. The molecule has 1 atom stereocenters. The first kappa shape index (κ1) is 23.4. The first-order valence-electron chi connectivity index (χ1n) is 9.80. The number of nitrogens with one attached hydrogen (secondary N) is 1. The van der Waals surface area contributed by atoms with E-state index >= 15 is 0 Å². The first-order chi connectivity index (χ1) is 12.8. The molecule has 1 rings (SSSR count). The minimum absolute atomic E-state index is 0.0717. The molecule has 0 bridgehead atoms. The number of hydrogen-bond acceptors (Lipinski definition) is 4. The number of sulfonamides is 1. The average molecular weight is 399 g/mol. The standard InChI is InChI=1S/C20H34N2O4S/c1-4-6-7-8-9-16-22(5-2)20(24)15-14-19(23)17-10-12-18(13-11-17)21-27(3,25)26/h10-13,19,21,23H,4-9,14-16H2,1-3H3/t19-/m1/s1. The van der Waals surface area contributed by atoms with E-state index in [1.807, 2.05) is 11.8 Å². The summed E-state index contributed by atoms with van der Waals surface area (Å²) < 4.78 is 24.8. The van der Waals surface area contributed by atoms with Crippen LogP contribution in [-0.4, -0.2) is 43.7 Å². The van der Waals surface area contributed by atoms with Gasteiger partial charge in [0, 0.05) is 25.2 Å². The fourth-order valence-electron chi connectivity index (χ4n) is 2.94. The lowest BCUT2D eigenvalue weighted by Crippen LogP contribution is -2.31. The van der Waals surface area contributed by atoms with Gasteiger partial charge in [-0.3, -0.25) is 9.52 Å². The van der Waals surface area contributed by atoms with Crippen LogP contribution in [0.4, 0.5) is 5.69 Å². The largest absolute Gasteiger partial charge is 0.388 e. The summed E-state index contributed by atoms with van der Waals surface area (Å²) in [5.74, 6) is 0.0717. The molecule has 0 fully saturated rings. The van der Waals surface area contributed by atoms with Crippen molar-refractivity contribution in [2.45, 2.75) is 64.9 Å². The Labute approximate surface area is 164 Å². The fraction of sp³-hybridized carbons (Fsp3) is 0.650. The van der Waals surface area contributed by atoms with E-state index in [0.29, 0.717) is 30.6 Å².